The second-order valence-electron chi connectivity index (χ2n) is 17.3. The fourth-order valence-electron chi connectivity index (χ4n) is 8.91. The lowest BCUT2D eigenvalue weighted by Gasteiger charge is -2.50. The Bertz CT molecular complexity index is 1770. The summed E-state index contributed by atoms with van der Waals surface area (Å²) in [6.45, 7) is 9.37. The quantitative estimate of drug-likeness (QED) is 0.117. The van der Waals surface area contributed by atoms with Gasteiger partial charge in [0.1, 0.15) is 0 Å². The number of rotatable bonds is 15. The topological polar surface area (TPSA) is 129 Å². The second kappa shape index (κ2) is 20.1. The van der Waals surface area contributed by atoms with Crippen molar-refractivity contribution in [1.82, 2.24) is 20.9 Å². The molecule has 6 unspecified atom stereocenters. The Balaban J connectivity index is 1.17. The number of carbonyl (C=O) groups excluding carboxylic acids is 3. The van der Waals surface area contributed by atoms with Gasteiger partial charge in [0.2, 0.25) is 17.7 Å². The van der Waals surface area contributed by atoms with Crippen LogP contribution < -0.4 is 16.0 Å². The molecule has 3 aromatic carbocycles. The van der Waals surface area contributed by atoms with Crippen molar-refractivity contribution >= 4 is 17.7 Å². The highest BCUT2D eigenvalue weighted by Gasteiger charge is 2.44. The molecule has 10 heteroatoms. The van der Waals surface area contributed by atoms with E-state index in [2.05, 4.69) is 51.2 Å². The van der Waals surface area contributed by atoms with Crippen LogP contribution in [-0.4, -0.2) is 64.5 Å². The summed E-state index contributed by atoms with van der Waals surface area (Å²) in [6.07, 6.45) is 9.35. The van der Waals surface area contributed by atoms with Crippen molar-refractivity contribution in [1.29, 1.82) is 0 Å². The Morgan fingerprint density at radius 2 is 1.56 bits per heavy atom. The molecule has 10 nitrogen and oxygen atoms in total. The molecule has 57 heavy (non-hydrogen) atoms. The van der Waals surface area contributed by atoms with Gasteiger partial charge >= 0.3 is 0 Å². The molecule has 6 rings (SSSR count). The highest BCUT2D eigenvalue weighted by atomic mass is 16.7. The van der Waals surface area contributed by atoms with Crippen molar-refractivity contribution in [3.8, 4) is 11.1 Å². The van der Waals surface area contributed by atoms with Crippen LogP contribution in [0, 0.1) is 5.92 Å². The average Bonchev–Trinajstić information content (AvgIpc) is 3.20. The van der Waals surface area contributed by atoms with E-state index in [9.17, 15) is 19.5 Å². The zero-order chi connectivity index (χ0) is 40.4. The summed E-state index contributed by atoms with van der Waals surface area (Å²) in [6, 6.07) is 24.6. The number of fused-ring (bicyclic) bond motifs is 1. The van der Waals surface area contributed by atoms with E-state index in [0.29, 0.717) is 44.4 Å². The molecule has 0 bridgehead atoms. The minimum atomic E-state index is -0.609. The maximum absolute atomic E-state index is 13.8. The molecule has 4 N–H and O–H groups in total. The van der Waals surface area contributed by atoms with Crippen molar-refractivity contribution in [3.05, 3.63) is 95.1 Å². The summed E-state index contributed by atoms with van der Waals surface area (Å²) in [5.74, 6) is 0.701. The number of hydrogen-bond acceptors (Lipinski definition) is 7. The van der Waals surface area contributed by atoms with E-state index in [1.54, 1.807) is 0 Å². The first kappa shape index (κ1) is 42.5. The summed E-state index contributed by atoms with van der Waals surface area (Å²) < 4.78 is 13.6. The Morgan fingerprint density at radius 3 is 2.30 bits per heavy atom. The zero-order valence-corrected chi connectivity index (χ0v) is 34.4. The molecule has 0 aromatic heterocycles. The Kier molecular flexibility index (Phi) is 15.0. The number of amides is 3. The van der Waals surface area contributed by atoms with Crippen molar-refractivity contribution < 1.29 is 29.0 Å². The molecule has 1 saturated carbocycles. The molecule has 6 atom stereocenters. The molecule has 2 aliphatic heterocycles. The van der Waals surface area contributed by atoms with Crippen molar-refractivity contribution in [3.63, 3.8) is 0 Å². The molecule has 2 saturated heterocycles. The molecule has 1 aliphatic carbocycles. The van der Waals surface area contributed by atoms with Crippen LogP contribution >= 0.6 is 0 Å². The minimum Gasteiger partial charge on any atom is -0.392 e. The lowest BCUT2D eigenvalue weighted by molar-refractivity contribution is -0.255. The van der Waals surface area contributed by atoms with Crippen LogP contribution in [0.1, 0.15) is 133 Å². The summed E-state index contributed by atoms with van der Waals surface area (Å²) in [4.78, 5) is 40.1. The van der Waals surface area contributed by atoms with Gasteiger partial charge in [0.15, 0.2) is 6.29 Å². The second-order valence-corrected chi connectivity index (χ2v) is 17.3. The number of carbonyl (C=O) groups is 3. The Labute approximate surface area is 339 Å². The molecule has 0 radical (unpaired) electrons. The lowest BCUT2D eigenvalue weighted by Crippen LogP contribution is -2.61. The maximum atomic E-state index is 13.8. The molecule has 308 valence electrons. The number of piperidine rings is 1. The Hall–Kier alpha value is -4.09. The smallest absolute Gasteiger partial charge is 0.237 e. The van der Waals surface area contributed by atoms with E-state index in [-0.39, 0.29) is 48.1 Å². The zero-order valence-electron chi connectivity index (χ0n) is 34.4. The molecular weight excluding hydrogens is 717 g/mol. The van der Waals surface area contributed by atoms with E-state index < -0.39 is 6.29 Å². The van der Waals surface area contributed by atoms with Gasteiger partial charge < -0.3 is 30.5 Å². The van der Waals surface area contributed by atoms with Gasteiger partial charge in [-0.2, -0.15) is 0 Å². The first-order valence-electron chi connectivity index (χ1n) is 21.2. The average molecular weight is 781 g/mol. The SMILES string of the molecule is CC(=O)NCCCCCC(=O)NCc1ccccc1-c1ccc(C2OC(CN3C(C(=O)NC(C)(C)C)CCC4CCCCC43)CC(c3ccc(CO)cc3)O2)cc1. The first-order chi connectivity index (χ1) is 27.5. The third-order valence-corrected chi connectivity index (χ3v) is 11.8. The summed E-state index contributed by atoms with van der Waals surface area (Å²) in [7, 11) is 0. The van der Waals surface area contributed by atoms with Crippen LogP contribution in [0.4, 0.5) is 0 Å². The Morgan fingerprint density at radius 1 is 0.825 bits per heavy atom. The highest BCUT2D eigenvalue weighted by molar-refractivity contribution is 5.82. The number of benzene rings is 3. The van der Waals surface area contributed by atoms with E-state index in [1.807, 2.05) is 63.2 Å². The van der Waals surface area contributed by atoms with Gasteiger partial charge in [-0.15, -0.1) is 0 Å². The fourth-order valence-corrected chi connectivity index (χ4v) is 8.91. The largest absolute Gasteiger partial charge is 0.392 e. The standard InChI is InChI=1S/C47H64N4O6/c1-32(53)48-27-11-5-6-16-44(54)49-29-38-13-7-9-14-40(38)34-21-23-37(24-22-34)46-56-39(28-43(57-46)36-19-17-33(31-52)18-20-36)30-51-41-15-10-8-12-35(41)25-26-42(51)45(55)50-47(2,3)4/h7,9,13-14,17-24,35,39,41-43,46,52H,5-6,8,10-12,15-16,25-31H2,1-4H3,(H,48,53)(H,49,54)(H,50,55). The van der Waals surface area contributed by atoms with E-state index in [4.69, 9.17) is 9.47 Å². The van der Waals surface area contributed by atoms with Gasteiger partial charge in [-0.1, -0.05) is 92.1 Å². The van der Waals surface area contributed by atoms with Crippen molar-refractivity contribution in [2.24, 2.45) is 5.92 Å². The van der Waals surface area contributed by atoms with Crippen LogP contribution in [0.25, 0.3) is 11.1 Å². The molecule has 3 amide bonds. The number of ether oxygens (including phenoxy) is 2. The van der Waals surface area contributed by atoms with Gasteiger partial charge in [0.25, 0.3) is 0 Å². The molecule has 3 aliphatic rings. The van der Waals surface area contributed by atoms with Gasteiger partial charge in [-0.05, 0) is 93.0 Å². The van der Waals surface area contributed by atoms with Crippen LogP contribution in [0.2, 0.25) is 0 Å². The summed E-state index contributed by atoms with van der Waals surface area (Å²) >= 11 is 0. The number of likely N-dealkylation sites (tertiary alicyclic amines) is 1. The predicted molar refractivity (Wildman–Crippen MR) is 223 cm³/mol. The highest BCUT2D eigenvalue weighted by Crippen LogP contribution is 2.42. The van der Waals surface area contributed by atoms with Crippen LogP contribution in [0.3, 0.4) is 0 Å². The predicted octanol–water partition coefficient (Wildman–Crippen LogP) is 7.64. The molecular formula is C47H64N4O6. The van der Waals surface area contributed by atoms with Gasteiger partial charge in [-0.3, -0.25) is 19.3 Å². The van der Waals surface area contributed by atoms with E-state index in [1.165, 1.54) is 26.2 Å². The van der Waals surface area contributed by atoms with E-state index >= 15 is 0 Å². The number of aliphatic hydroxyl groups excluding tert-OH is 1. The van der Waals surface area contributed by atoms with Crippen LogP contribution in [0.15, 0.2) is 72.8 Å². The van der Waals surface area contributed by atoms with Crippen LogP contribution in [-0.2, 0) is 37.0 Å². The first-order valence-corrected chi connectivity index (χ1v) is 21.2. The minimum absolute atomic E-state index is 0.0142. The molecule has 0 spiro atoms. The van der Waals surface area contributed by atoms with Gasteiger partial charge in [0, 0.05) is 56.5 Å². The summed E-state index contributed by atoms with van der Waals surface area (Å²) in [5, 5.41) is 18.9. The third-order valence-electron chi connectivity index (χ3n) is 11.8. The molecule has 2 heterocycles. The molecule has 3 fully saturated rings. The number of nitrogens with one attached hydrogen (secondary N) is 3. The van der Waals surface area contributed by atoms with Crippen molar-refractivity contribution in [2.45, 2.75) is 148 Å². The number of hydrogen-bond donors (Lipinski definition) is 4. The summed E-state index contributed by atoms with van der Waals surface area (Å²) in [5.41, 5.74) is 5.63. The normalized spacial score (nSPS) is 23.9. The fraction of sp³-hybridized carbons (Fsp3) is 0.553. The van der Waals surface area contributed by atoms with Crippen LogP contribution in [0.5, 0.6) is 0 Å². The number of unbranched alkanes of at least 4 members (excludes halogenated alkanes) is 2. The monoisotopic (exact) mass is 780 g/mol. The van der Waals surface area contributed by atoms with Gasteiger partial charge in [-0.25, -0.2) is 0 Å². The third kappa shape index (κ3) is 12.0. The van der Waals surface area contributed by atoms with Gasteiger partial charge in [0.05, 0.1) is 24.9 Å². The van der Waals surface area contributed by atoms with E-state index in [0.717, 1.165) is 71.9 Å². The van der Waals surface area contributed by atoms with Crippen molar-refractivity contribution in [2.75, 3.05) is 13.1 Å². The maximum Gasteiger partial charge on any atom is 0.237 e. The molecule has 3 aromatic rings. The number of nitrogens with zero attached hydrogens (tertiary/aromatic N) is 1. The number of aliphatic hydroxyl groups is 1. The lowest BCUT2D eigenvalue weighted by atomic mass is 9.75.